The molecular formula is C10H13NO2. The van der Waals surface area contributed by atoms with Crippen molar-refractivity contribution in [2.75, 3.05) is 0 Å². The fourth-order valence-electron chi connectivity index (χ4n) is 0.856. The van der Waals surface area contributed by atoms with Gasteiger partial charge in [-0.05, 0) is 43.7 Å². The van der Waals surface area contributed by atoms with Crippen LogP contribution < -0.4 is 0 Å². The molecule has 1 rings (SSSR count). The molecule has 0 fully saturated rings. The predicted molar refractivity (Wildman–Crippen MR) is 50.1 cm³/mol. The van der Waals surface area contributed by atoms with Crippen molar-refractivity contribution in [3.8, 4) is 0 Å². The minimum absolute atomic E-state index is 0.0220. The highest BCUT2D eigenvalue weighted by molar-refractivity contribution is 6.01. The van der Waals surface area contributed by atoms with Gasteiger partial charge in [-0.15, -0.1) is 0 Å². The second-order valence-electron chi connectivity index (χ2n) is 3.17. The number of allylic oxidation sites excluding steroid dienone is 5. The molecule has 0 heterocycles. The fourth-order valence-corrected chi connectivity index (χ4v) is 0.856. The van der Waals surface area contributed by atoms with Crippen molar-refractivity contribution in [3.05, 3.63) is 36.1 Å². The molecule has 70 valence electrons. The van der Waals surface area contributed by atoms with Crippen LogP contribution in [0, 0.1) is 0 Å². The highest BCUT2D eigenvalue weighted by Crippen LogP contribution is 2.07. The van der Waals surface area contributed by atoms with Gasteiger partial charge in [-0.25, -0.2) is 0 Å². The van der Waals surface area contributed by atoms with Crippen LogP contribution in [0.1, 0.15) is 13.8 Å². The molecular weight excluding hydrogens is 166 g/mol. The quantitative estimate of drug-likeness (QED) is 0.655. The van der Waals surface area contributed by atoms with E-state index in [0.29, 0.717) is 0 Å². The molecule has 0 aliphatic heterocycles. The zero-order valence-corrected chi connectivity index (χ0v) is 7.77. The normalized spacial score (nSPS) is 15.4. The summed E-state index contributed by atoms with van der Waals surface area (Å²) >= 11 is 0. The lowest BCUT2D eigenvalue weighted by atomic mass is 10.1. The Morgan fingerprint density at radius 1 is 1.31 bits per heavy atom. The monoisotopic (exact) mass is 179 g/mol. The van der Waals surface area contributed by atoms with Crippen LogP contribution in [0.5, 0.6) is 0 Å². The zero-order valence-electron chi connectivity index (χ0n) is 7.77. The first kappa shape index (κ1) is 9.74. The van der Waals surface area contributed by atoms with E-state index in [2.05, 4.69) is 0 Å². The maximum atomic E-state index is 10.8. The standard InChI is InChI=1S/C10H13NO2/c1-8(2)11(13)7-9-3-5-10(12)6-4-9/h3-8,13H,1-2H3. The lowest BCUT2D eigenvalue weighted by Gasteiger charge is -2.17. The molecule has 1 aliphatic carbocycles. The van der Waals surface area contributed by atoms with Gasteiger partial charge >= 0.3 is 0 Å². The Morgan fingerprint density at radius 2 is 1.85 bits per heavy atom. The Balaban J connectivity index is 2.69. The van der Waals surface area contributed by atoms with E-state index in [1.54, 1.807) is 18.4 Å². The van der Waals surface area contributed by atoms with Crippen LogP contribution >= 0.6 is 0 Å². The van der Waals surface area contributed by atoms with Crippen LogP contribution in [0.4, 0.5) is 0 Å². The van der Waals surface area contributed by atoms with E-state index in [1.807, 2.05) is 13.8 Å². The summed E-state index contributed by atoms with van der Waals surface area (Å²) in [5.41, 5.74) is 0.816. The lowest BCUT2D eigenvalue weighted by molar-refractivity contribution is -0.110. The lowest BCUT2D eigenvalue weighted by Crippen LogP contribution is -2.21. The molecule has 1 aliphatic rings. The number of carbonyl (C=O) groups excluding carboxylic acids is 1. The van der Waals surface area contributed by atoms with Crippen LogP contribution in [-0.2, 0) is 4.79 Å². The predicted octanol–water partition coefficient (Wildman–Crippen LogP) is 1.67. The average molecular weight is 179 g/mol. The van der Waals surface area contributed by atoms with Crippen LogP contribution in [0.2, 0.25) is 0 Å². The van der Waals surface area contributed by atoms with Crippen molar-refractivity contribution in [2.24, 2.45) is 0 Å². The van der Waals surface area contributed by atoms with Crippen LogP contribution in [0.15, 0.2) is 36.1 Å². The second-order valence-corrected chi connectivity index (χ2v) is 3.17. The van der Waals surface area contributed by atoms with Gasteiger partial charge in [0.1, 0.15) is 0 Å². The van der Waals surface area contributed by atoms with Crippen molar-refractivity contribution in [2.45, 2.75) is 19.9 Å². The van der Waals surface area contributed by atoms with Gasteiger partial charge in [-0.3, -0.25) is 15.1 Å². The highest BCUT2D eigenvalue weighted by atomic mass is 16.5. The third-order valence-electron chi connectivity index (χ3n) is 1.69. The van der Waals surface area contributed by atoms with E-state index in [-0.39, 0.29) is 11.8 Å². The highest BCUT2D eigenvalue weighted by Gasteiger charge is 2.02. The number of hydroxylamine groups is 2. The van der Waals surface area contributed by atoms with Gasteiger partial charge in [0.2, 0.25) is 0 Å². The molecule has 0 amide bonds. The number of rotatable bonds is 2. The first-order chi connectivity index (χ1) is 6.09. The number of carbonyl (C=O) groups is 1. The van der Waals surface area contributed by atoms with E-state index in [0.717, 1.165) is 10.6 Å². The van der Waals surface area contributed by atoms with Gasteiger partial charge in [0.05, 0.1) is 6.04 Å². The summed E-state index contributed by atoms with van der Waals surface area (Å²) in [5.74, 6) is -0.0220. The number of ketones is 1. The molecule has 0 aromatic rings. The first-order valence-electron chi connectivity index (χ1n) is 4.19. The molecule has 0 saturated heterocycles. The van der Waals surface area contributed by atoms with Gasteiger partial charge in [-0.2, -0.15) is 0 Å². The largest absolute Gasteiger partial charge is 0.290 e. The molecule has 0 radical (unpaired) electrons. The van der Waals surface area contributed by atoms with Crippen molar-refractivity contribution >= 4 is 5.78 Å². The summed E-state index contributed by atoms with van der Waals surface area (Å²) in [7, 11) is 0. The van der Waals surface area contributed by atoms with E-state index in [9.17, 15) is 10.0 Å². The van der Waals surface area contributed by atoms with E-state index in [4.69, 9.17) is 0 Å². The third-order valence-corrected chi connectivity index (χ3v) is 1.69. The topological polar surface area (TPSA) is 40.5 Å². The number of hydrogen-bond acceptors (Lipinski definition) is 3. The molecule has 0 spiro atoms. The Kier molecular flexibility index (Phi) is 3.03. The Labute approximate surface area is 77.6 Å². The van der Waals surface area contributed by atoms with Crippen molar-refractivity contribution in [1.29, 1.82) is 0 Å². The van der Waals surface area contributed by atoms with E-state index in [1.165, 1.54) is 12.2 Å². The van der Waals surface area contributed by atoms with Gasteiger partial charge in [-0.1, -0.05) is 0 Å². The van der Waals surface area contributed by atoms with Crippen molar-refractivity contribution in [3.63, 3.8) is 0 Å². The molecule has 3 nitrogen and oxygen atoms in total. The summed E-state index contributed by atoms with van der Waals surface area (Å²) in [5, 5.41) is 10.5. The maximum absolute atomic E-state index is 10.8. The van der Waals surface area contributed by atoms with Crippen LogP contribution in [0.3, 0.4) is 0 Å². The molecule has 0 saturated carbocycles. The average Bonchev–Trinajstić information content (AvgIpc) is 2.08. The molecule has 0 bridgehead atoms. The molecule has 0 aromatic carbocycles. The van der Waals surface area contributed by atoms with Crippen LogP contribution in [0.25, 0.3) is 0 Å². The van der Waals surface area contributed by atoms with Gasteiger partial charge in [0.15, 0.2) is 5.78 Å². The fraction of sp³-hybridized carbons (Fsp3) is 0.300. The Morgan fingerprint density at radius 3 is 2.31 bits per heavy atom. The minimum atomic E-state index is -0.0220. The summed E-state index contributed by atoms with van der Waals surface area (Å²) in [6.07, 6.45) is 7.88. The van der Waals surface area contributed by atoms with E-state index >= 15 is 0 Å². The first-order valence-corrected chi connectivity index (χ1v) is 4.19. The molecule has 3 heteroatoms. The molecule has 0 aromatic heterocycles. The van der Waals surface area contributed by atoms with Gasteiger partial charge < -0.3 is 0 Å². The molecule has 1 N–H and O–H groups in total. The Hall–Kier alpha value is -1.35. The van der Waals surface area contributed by atoms with Gasteiger partial charge in [0, 0.05) is 6.20 Å². The molecule has 0 unspecified atom stereocenters. The second kappa shape index (κ2) is 4.05. The van der Waals surface area contributed by atoms with Crippen molar-refractivity contribution in [1.82, 2.24) is 5.06 Å². The third kappa shape index (κ3) is 2.87. The minimum Gasteiger partial charge on any atom is -0.290 e. The van der Waals surface area contributed by atoms with Crippen molar-refractivity contribution < 1.29 is 10.0 Å². The van der Waals surface area contributed by atoms with Gasteiger partial charge in [0.25, 0.3) is 0 Å². The SMILES string of the molecule is CC(C)N(O)C=C1C=CC(=O)C=C1. The number of nitrogens with zero attached hydrogens (tertiary/aromatic N) is 1. The summed E-state index contributed by atoms with van der Waals surface area (Å²) in [6.45, 7) is 3.75. The van der Waals surface area contributed by atoms with E-state index < -0.39 is 0 Å². The number of hydrogen-bond donors (Lipinski definition) is 1. The molecule has 0 atom stereocenters. The zero-order chi connectivity index (χ0) is 9.84. The summed E-state index contributed by atoms with van der Waals surface area (Å²) in [4.78, 5) is 10.8. The summed E-state index contributed by atoms with van der Waals surface area (Å²) < 4.78 is 0. The van der Waals surface area contributed by atoms with Crippen LogP contribution in [-0.4, -0.2) is 22.1 Å². The Bertz CT molecular complexity index is 269. The smallest absolute Gasteiger partial charge is 0.178 e. The molecule has 13 heavy (non-hydrogen) atoms. The maximum Gasteiger partial charge on any atom is 0.178 e. The summed E-state index contributed by atoms with van der Waals surface area (Å²) in [6, 6.07) is 0.0342.